The molecular weight excluding hydrogens is 260 g/mol. The van der Waals surface area contributed by atoms with Gasteiger partial charge in [0.15, 0.2) is 0 Å². The van der Waals surface area contributed by atoms with Gasteiger partial charge in [-0.25, -0.2) is 0 Å². The van der Waals surface area contributed by atoms with Crippen LogP contribution in [0.4, 0.5) is 0 Å². The summed E-state index contributed by atoms with van der Waals surface area (Å²) in [6.45, 7) is 2.09. The number of unbranched alkanes of at least 4 members (excludes halogenated alkanes) is 1. The number of hydrogen-bond donors (Lipinski definition) is 0. The first-order chi connectivity index (χ1) is 10.2. The number of ketones is 2. The summed E-state index contributed by atoms with van der Waals surface area (Å²) in [5, 5.41) is 0. The molecule has 0 saturated carbocycles. The van der Waals surface area contributed by atoms with Crippen molar-refractivity contribution in [2.75, 3.05) is 0 Å². The highest BCUT2D eigenvalue weighted by atomic mass is 16.2. The molecule has 0 amide bonds. The van der Waals surface area contributed by atoms with Gasteiger partial charge in [-0.15, -0.1) is 0 Å². The zero-order chi connectivity index (χ0) is 15.1. The second-order valence-corrected chi connectivity index (χ2v) is 5.16. The second kappa shape index (κ2) is 7.53. The van der Waals surface area contributed by atoms with Gasteiger partial charge in [0.2, 0.25) is 11.6 Å². The third-order valence-corrected chi connectivity index (χ3v) is 3.62. The molecule has 2 nitrogen and oxygen atoms in total. The van der Waals surface area contributed by atoms with E-state index in [-0.39, 0.29) is 17.5 Å². The minimum Gasteiger partial charge on any atom is -0.290 e. The average Bonchev–Trinajstić information content (AvgIpc) is 2.56. The fourth-order valence-electron chi connectivity index (χ4n) is 2.43. The van der Waals surface area contributed by atoms with E-state index in [9.17, 15) is 9.59 Å². The van der Waals surface area contributed by atoms with Crippen LogP contribution in [0.3, 0.4) is 0 Å². The van der Waals surface area contributed by atoms with Crippen molar-refractivity contribution >= 4 is 11.6 Å². The molecule has 0 aliphatic rings. The van der Waals surface area contributed by atoms with E-state index in [1.54, 1.807) is 24.3 Å². The largest absolute Gasteiger partial charge is 0.290 e. The molecule has 0 radical (unpaired) electrons. The molecule has 1 unspecified atom stereocenters. The predicted octanol–water partition coefficient (Wildman–Crippen LogP) is 4.41. The maximum absolute atomic E-state index is 12.6. The van der Waals surface area contributed by atoms with Crippen molar-refractivity contribution in [2.45, 2.75) is 32.1 Å². The summed E-state index contributed by atoms with van der Waals surface area (Å²) in [5.74, 6) is -1.03. The van der Waals surface area contributed by atoms with Gasteiger partial charge in [-0.1, -0.05) is 80.4 Å². The average molecular weight is 280 g/mol. The Morgan fingerprint density at radius 2 is 1.48 bits per heavy atom. The monoisotopic (exact) mass is 280 g/mol. The summed E-state index contributed by atoms with van der Waals surface area (Å²) in [6.07, 6.45) is 2.67. The number of carbonyl (C=O) groups is 2. The molecular formula is C19H20O2. The maximum atomic E-state index is 12.6. The van der Waals surface area contributed by atoms with E-state index >= 15 is 0 Å². The third-order valence-electron chi connectivity index (χ3n) is 3.62. The smallest absolute Gasteiger partial charge is 0.229 e. The highest BCUT2D eigenvalue weighted by Crippen LogP contribution is 2.24. The van der Waals surface area contributed by atoms with Crippen LogP contribution in [-0.4, -0.2) is 11.6 Å². The van der Waals surface area contributed by atoms with E-state index in [1.807, 2.05) is 36.4 Å². The van der Waals surface area contributed by atoms with Crippen molar-refractivity contribution in [3.63, 3.8) is 0 Å². The fourth-order valence-corrected chi connectivity index (χ4v) is 2.43. The van der Waals surface area contributed by atoms with Gasteiger partial charge in [0.05, 0.1) is 5.92 Å². The number of carbonyl (C=O) groups excluding carboxylic acids is 2. The molecule has 0 N–H and O–H groups in total. The lowest BCUT2D eigenvalue weighted by molar-refractivity contribution is -0.116. The Hall–Kier alpha value is -2.22. The molecule has 1 atom stereocenters. The lowest BCUT2D eigenvalue weighted by Crippen LogP contribution is -2.22. The summed E-state index contributed by atoms with van der Waals surface area (Å²) in [4.78, 5) is 25.0. The quantitative estimate of drug-likeness (QED) is 0.556. The van der Waals surface area contributed by atoms with Crippen LogP contribution in [0.5, 0.6) is 0 Å². The molecule has 0 aromatic heterocycles. The molecule has 2 rings (SSSR count). The second-order valence-electron chi connectivity index (χ2n) is 5.16. The van der Waals surface area contributed by atoms with E-state index < -0.39 is 0 Å². The first-order valence-electron chi connectivity index (χ1n) is 7.42. The molecule has 0 saturated heterocycles. The van der Waals surface area contributed by atoms with Gasteiger partial charge in [0, 0.05) is 5.56 Å². The Bertz CT molecular complexity index is 587. The summed E-state index contributed by atoms with van der Waals surface area (Å²) >= 11 is 0. The highest BCUT2D eigenvalue weighted by Gasteiger charge is 2.26. The van der Waals surface area contributed by atoms with E-state index in [4.69, 9.17) is 0 Å². The van der Waals surface area contributed by atoms with Crippen LogP contribution in [-0.2, 0) is 4.79 Å². The number of benzene rings is 2. The van der Waals surface area contributed by atoms with Crippen LogP contribution in [0.15, 0.2) is 60.7 Å². The van der Waals surface area contributed by atoms with Gasteiger partial charge in [0.1, 0.15) is 0 Å². The van der Waals surface area contributed by atoms with Crippen LogP contribution in [0.2, 0.25) is 0 Å². The lowest BCUT2D eigenvalue weighted by Gasteiger charge is -2.15. The highest BCUT2D eigenvalue weighted by molar-refractivity contribution is 6.45. The topological polar surface area (TPSA) is 34.1 Å². The van der Waals surface area contributed by atoms with Gasteiger partial charge in [-0.2, -0.15) is 0 Å². The van der Waals surface area contributed by atoms with E-state index in [0.717, 1.165) is 24.8 Å². The lowest BCUT2D eigenvalue weighted by atomic mass is 9.86. The van der Waals surface area contributed by atoms with Crippen molar-refractivity contribution in [3.8, 4) is 0 Å². The van der Waals surface area contributed by atoms with Crippen molar-refractivity contribution in [1.29, 1.82) is 0 Å². The standard InChI is InChI=1S/C19H20O2/c1-2-3-14-17(15-10-6-4-7-11-15)19(21)18(20)16-12-8-5-9-13-16/h4-13,17H,2-3,14H2,1H3. The Labute approximate surface area is 125 Å². The zero-order valence-corrected chi connectivity index (χ0v) is 12.3. The minimum absolute atomic E-state index is 0.305. The summed E-state index contributed by atoms with van der Waals surface area (Å²) in [6, 6.07) is 18.4. The Kier molecular flexibility index (Phi) is 5.44. The number of hydrogen-bond acceptors (Lipinski definition) is 2. The Morgan fingerprint density at radius 1 is 0.905 bits per heavy atom. The van der Waals surface area contributed by atoms with E-state index in [2.05, 4.69) is 6.92 Å². The first kappa shape index (κ1) is 15.2. The summed E-state index contributed by atoms with van der Waals surface area (Å²) in [7, 11) is 0. The van der Waals surface area contributed by atoms with Crippen LogP contribution in [0.1, 0.15) is 48.0 Å². The maximum Gasteiger partial charge on any atom is 0.229 e. The van der Waals surface area contributed by atoms with Crippen LogP contribution in [0.25, 0.3) is 0 Å². The fraction of sp³-hybridized carbons (Fsp3) is 0.263. The van der Waals surface area contributed by atoms with Crippen molar-refractivity contribution in [2.24, 2.45) is 0 Å². The Balaban J connectivity index is 2.24. The molecule has 0 bridgehead atoms. The van der Waals surface area contributed by atoms with Crippen LogP contribution < -0.4 is 0 Å². The molecule has 108 valence electrons. The summed E-state index contributed by atoms with van der Waals surface area (Å²) < 4.78 is 0. The van der Waals surface area contributed by atoms with Crippen molar-refractivity contribution < 1.29 is 9.59 Å². The third kappa shape index (κ3) is 3.88. The van der Waals surface area contributed by atoms with Gasteiger partial charge in [0.25, 0.3) is 0 Å². The predicted molar refractivity (Wildman–Crippen MR) is 84.5 cm³/mol. The molecule has 21 heavy (non-hydrogen) atoms. The van der Waals surface area contributed by atoms with E-state index in [1.165, 1.54) is 0 Å². The summed E-state index contributed by atoms with van der Waals surface area (Å²) in [5.41, 5.74) is 1.40. The first-order valence-corrected chi connectivity index (χ1v) is 7.42. The number of rotatable bonds is 7. The molecule has 2 aromatic rings. The molecule has 0 aliphatic carbocycles. The van der Waals surface area contributed by atoms with E-state index in [0.29, 0.717) is 5.56 Å². The SMILES string of the molecule is CCCCC(C(=O)C(=O)c1ccccc1)c1ccccc1. The molecule has 2 heteroatoms. The van der Waals surface area contributed by atoms with Gasteiger partial charge in [-0.05, 0) is 12.0 Å². The van der Waals surface area contributed by atoms with Crippen molar-refractivity contribution in [1.82, 2.24) is 0 Å². The van der Waals surface area contributed by atoms with Crippen molar-refractivity contribution in [3.05, 3.63) is 71.8 Å². The normalized spacial score (nSPS) is 11.9. The van der Waals surface area contributed by atoms with Gasteiger partial charge in [-0.3, -0.25) is 9.59 Å². The Morgan fingerprint density at radius 3 is 2.05 bits per heavy atom. The minimum atomic E-state index is -0.388. The molecule has 2 aromatic carbocycles. The van der Waals surface area contributed by atoms with Gasteiger partial charge >= 0.3 is 0 Å². The van der Waals surface area contributed by atoms with Gasteiger partial charge < -0.3 is 0 Å². The molecule has 0 aliphatic heterocycles. The molecule has 0 fully saturated rings. The molecule has 0 heterocycles. The van der Waals surface area contributed by atoms with Crippen LogP contribution in [0, 0.1) is 0 Å². The zero-order valence-electron chi connectivity index (χ0n) is 12.3. The number of Topliss-reactive ketones (excluding diaryl/α,β-unsaturated/α-hetero) is 2. The van der Waals surface area contributed by atoms with Crippen LogP contribution >= 0.6 is 0 Å². The molecule has 0 spiro atoms.